The maximum Gasteiger partial charge on any atom is 0.307 e. The number of carbonyl (C=O) groups is 1. The van der Waals surface area contributed by atoms with Gasteiger partial charge in [0.15, 0.2) is 11.6 Å². The van der Waals surface area contributed by atoms with E-state index in [9.17, 15) is 15.0 Å². The molecule has 0 saturated carbocycles. The normalized spacial score (nSPS) is 18.0. The van der Waals surface area contributed by atoms with Gasteiger partial charge in [-0.2, -0.15) is 0 Å². The summed E-state index contributed by atoms with van der Waals surface area (Å²) in [6.07, 6.45) is 8.50. The number of pyridine rings is 4. The summed E-state index contributed by atoms with van der Waals surface area (Å²) in [6, 6.07) is 20.1. The van der Waals surface area contributed by atoms with Crippen LogP contribution >= 0.6 is 11.6 Å². The van der Waals surface area contributed by atoms with E-state index in [1.54, 1.807) is 12.4 Å². The van der Waals surface area contributed by atoms with Crippen LogP contribution in [0.25, 0.3) is 32.9 Å². The molecular weight excluding hydrogens is 676 g/mol. The molecule has 0 aliphatic carbocycles. The number of fused-ring (bicyclic) bond motifs is 2. The number of aliphatic carboxylic acids is 1. The van der Waals surface area contributed by atoms with Gasteiger partial charge in [0.2, 0.25) is 0 Å². The van der Waals surface area contributed by atoms with E-state index in [4.69, 9.17) is 21.6 Å². The molecule has 0 spiro atoms. The number of aromatic nitrogens is 4. The van der Waals surface area contributed by atoms with Crippen LogP contribution in [0, 0.1) is 12.8 Å². The molecule has 2 aliphatic rings. The van der Waals surface area contributed by atoms with Crippen molar-refractivity contribution in [2.75, 3.05) is 36.8 Å². The molecule has 2 saturated heterocycles. The first kappa shape index (κ1) is 33.9. The average Bonchev–Trinajstić information content (AvgIpc) is 3.79. The number of hydrogen-bond acceptors (Lipinski definition) is 10. The molecule has 2 atom stereocenters. The van der Waals surface area contributed by atoms with Crippen molar-refractivity contribution in [2.24, 2.45) is 5.92 Å². The van der Waals surface area contributed by atoms with Crippen molar-refractivity contribution in [1.29, 1.82) is 0 Å². The number of benzene rings is 2. The molecule has 11 nitrogen and oxygen atoms in total. The van der Waals surface area contributed by atoms with Gasteiger partial charge in [-0.25, -0.2) is 9.97 Å². The van der Waals surface area contributed by atoms with E-state index in [1.807, 2.05) is 54.9 Å². The highest BCUT2D eigenvalue weighted by Gasteiger charge is 2.28. The van der Waals surface area contributed by atoms with Crippen molar-refractivity contribution in [1.82, 2.24) is 29.7 Å². The van der Waals surface area contributed by atoms with Gasteiger partial charge in [-0.05, 0) is 85.0 Å². The van der Waals surface area contributed by atoms with E-state index >= 15 is 0 Å². The maximum atomic E-state index is 11.4. The summed E-state index contributed by atoms with van der Waals surface area (Å²) in [5.74, 6) is 0.221. The summed E-state index contributed by atoms with van der Waals surface area (Å²) >= 11 is 7.13. The summed E-state index contributed by atoms with van der Waals surface area (Å²) in [6.45, 7) is 6.36. The summed E-state index contributed by atoms with van der Waals surface area (Å²) < 4.78 is 0. The number of nitrogens with zero attached hydrogens (tertiary/aromatic N) is 6. The van der Waals surface area contributed by atoms with Crippen molar-refractivity contribution >= 4 is 62.4 Å². The molecule has 6 heterocycles. The summed E-state index contributed by atoms with van der Waals surface area (Å²) in [5, 5.41) is 28.7. The first-order chi connectivity index (χ1) is 25.3. The topological polar surface area (TPSA) is 140 Å². The monoisotopic (exact) mass is 714 g/mol. The number of halogens is 1. The third-order valence-corrected chi connectivity index (χ3v) is 10.5. The lowest BCUT2D eigenvalue weighted by Gasteiger charge is -2.18. The number of aliphatic hydroxyl groups excluding tert-OH is 1. The van der Waals surface area contributed by atoms with Gasteiger partial charge in [0.05, 0.1) is 22.7 Å². The molecule has 2 aromatic carbocycles. The molecule has 2 aliphatic heterocycles. The highest BCUT2D eigenvalue weighted by atomic mass is 35.5. The second-order valence-corrected chi connectivity index (χ2v) is 14.2. The van der Waals surface area contributed by atoms with E-state index in [2.05, 4.69) is 55.5 Å². The van der Waals surface area contributed by atoms with Crippen LogP contribution < -0.4 is 10.6 Å². The average molecular weight is 715 g/mol. The number of nitrogens with one attached hydrogen (secondary N) is 2. The lowest BCUT2D eigenvalue weighted by molar-refractivity contribution is -0.141. The Hall–Kier alpha value is -5.20. The Labute approximate surface area is 306 Å². The van der Waals surface area contributed by atoms with Crippen LogP contribution in [-0.2, 0) is 17.9 Å². The SMILES string of the molecule is Cc1c(Nc2nccc3cc(CN4CC[C@@H](O)C4)cnc23)cccc1-c1cccc(Nc2nccc3cc(CN4CC[C@@H](C(=O)O)C4)cnc23)c1Cl. The zero-order valence-electron chi connectivity index (χ0n) is 28.8. The molecule has 0 unspecified atom stereocenters. The third kappa shape index (κ3) is 7.00. The van der Waals surface area contributed by atoms with E-state index in [-0.39, 0.29) is 12.0 Å². The van der Waals surface area contributed by atoms with E-state index < -0.39 is 5.97 Å². The van der Waals surface area contributed by atoms with Gasteiger partial charge in [0, 0.05) is 79.5 Å². The van der Waals surface area contributed by atoms with Crippen molar-refractivity contribution < 1.29 is 15.0 Å². The summed E-state index contributed by atoms with van der Waals surface area (Å²) in [5.41, 5.74) is 8.09. The molecule has 52 heavy (non-hydrogen) atoms. The Morgan fingerprint density at radius 3 is 1.96 bits per heavy atom. The van der Waals surface area contributed by atoms with Crippen LogP contribution in [0.15, 0.2) is 85.5 Å². The summed E-state index contributed by atoms with van der Waals surface area (Å²) in [4.78, 5) is 34.6. The third-order valence-electron chi connectivity index (χ3n) is 10.1. The minimum absolute atomic E-state index is 0.252. The van der Waals surface area contributed by atoms with Crippen LogP contribution in [-0.4, -0.2) is 78.2 Å². The Bertz CT molecular complexity index is 2300. The lowest BCUT2D eigenvalue weighted by atomic mass is 9.98. The number of carboxylic acids is 1. The molecule has 4 N–H and O–H groups in total. The molecular formula is C40H39ClN8O3. The predicted molar refractivity (Wildman–Crippen MR) is 204 cm³/mol. The van der Waals surface area contributed by atoms with Gasteiger partial charge in [-0.3, -0.25) is 24.6 Å². The Kier molecular flexibility index (Phi) is 9.42. The highest BCUT2D eigenvalue weighted by molar-refractivity contribution is 6.36. The maximum absolute atomic E-state index is 11.4. The number of anilines is 4. The van der Waals surface area contributed by atoms with Gasteiger partial charge in [0.1, 0.15) is 11.0 Å². The number of carboxylic acid groups (broad SMARTS) is 1. The van der Waals surface area contributed by atoms with Gasteiger partial charge in [0.25, 0.3) is 0 Å². The number of likely N-dealkylation sites (tertiary alicyclic amines) is 2. The fourth-order valence-electron chi connectivity index (χ4n) is 7.37. The largest absolute Gasteiger partial charge is 0.481 e. The van der Waals surface area contributed by atoms with Crippen LogP contribution in [0.3, 0.4) is 0 Å². The zero-order valence-corrected chi connectivity index (χ0v) is 29.5. The number of hydrogen-bond donors (Lipinski definition) is 4. The molecule has 12 heteroatoms. The predicted octanol–water partition coefficient (Wildman–Crippen LogP) is 7.16. The van der Waals surface area contributed by atoms with Gasteiger partial charge < -0.3 is 20.8 Å². The van der Waals surface area contributed by atoms with Crippen LogP contribution in [0.5, 0.6) is 0 Å². The minimum atomic E-state index is -0.732. The van der Waals surface area contributed by atoms with Crippen molar-refractivity contribution in [3.63, 3.8) is 0 Å². The molecule has 8 rings (SSSR count). The number of β-amino-alcohol motifs (C(OH)–C–C–N with tert-alkyl or cyclic N) is 1. The molecule has 264 valence electrons. The van der Waals surface area contributed by atoms with E-state index in [1.165, 1.54) is 0 Å². The minimum Gasteiger partial charge on any atom is -0.481 e. The van der Waals surface area contributed by atoms with Crippen molar-refractivity contribution in [3.8, 4) is 11.1 Å². The first-order valence-corrected chi connectivity index (χ1v) is 17.9. The molecule has 2 fully saturated rings. The lowest BCUT2D eigenvalue weighted by Crippen LogP contribution is -2.22. The smallest absolute Gasteiger partial charge is 0.307 e. The van der Waals surface area contributed by atoms with Gasteiger partial charge in [-0.1, -0.05) is 35.9 Å². The first-order valence-electron chi connectivity index (χ1n) is 17.5. The Morgan fingerprint density at radius 1 is 0.788 bits per heavy atom. The Morgan fingerprint density at radius 2 is 1.37 bits per heavy atom. The van der Waals surface area contributed by atoms with Crippen LogP contribution in [0.2, 0.25) is 5.02 Å². The number of rotatable bonds is 10. The molecule has 4 aromatic heterocycles. The van der Waals surface area contributed by atoms with Crippen molar-refractivity contribution in [3.05, 3.63) is 107 Å². The zero-order chi connectivity index (χ0) is 35.8. The van der Waals surface area contributed by atoms with Crippen LogP contribution in [0.4, 0.5) is 23.0 Å². The molecule has 0 bridgehead atoms. The number of aliphatic hydroxyl groups is 1. The van der Waals surface area contributed by atoms with Crippen LogP contribution in [0.1, 0.15) is 29.5 Å². The standard InChI is InChI=1S/C40H39ClN8O3/c1-24-31(4-2-6-33(24)46-38-36-27(8-12-42-38)17-26(19-44-36)21-49-15-11-30(50)23-49)32-5-3-7-34(35(32)41)47-39-37-28(9-13-43-39)16-25(18-45-37)20-48-14-10-29(22-48)40(51)52/h2-9,12-13,16-19,29-30,50H,10-11,14-15,20-23H2,1H3,(H,42,46)(H,43,47)(H,51,52)/t29-,30-/m1/s1. The molecule has 0 radical (unpaired) electrons. The van der Waals surface area contributed by atoms with Crippen molar-refractivity contribution in [2.45, 2.75) is 39.0 Å². The summed E-state index contributed by atoms with van der Waals surface area (Å²) in [7, 11) is 0. The quantitative estimate of drug-likeness (QED) is 0.115. The molecule has 0 amide bonds. The second-order valence-electron chi connectivity index (χ2n) is 13.8. The second kappa shape index (κ2) is 14.4. The highest BCUT2D eigenvalue weighted by Crippen LogP contribution is 2.39. The Balaban J connectivity index is 1.02. The fraction of sp³-hybridized carbons (Fsp3) is 0.275. The molecule has 6 aromatic rings. The fourth-order valence-corrected chi connectivity index (χ4v) is 7.65. The van der Waals surface area contributed by atoms with Gasteiger partial charge in [-0.15, -0.1) is 0 Å². The van der Waals surface area contributed by atoms with E-state index in [0.717, 1.165) is 81.4 Å². The van der Waals surface area contributed by atoms with Gasteiger partial charge >= 0.3 is 5.97 Å². The van der Waals surface area contributed by atoms with E-state index in [0.29, 0.717) is 48.4 Å².